The van der Waals surface area contributed by atoms with Crippen LogP contribution in [0.2, 0.25) is 0 Å². The van der Waals surface area contributed by atoms with Crippen molar-refractivity contribution in [3.05, 3.63) is 0 Å². The molecule has 10 heteroatoms. The highest BCUT2D eigenvalue weighted by atomic mass is 79.9. The maximum atomic E-state index is 11.4. The van der Waals surface area contributed by atoms with Crippen LogP contribution in [-0.4, -0.2) is 59.9 Å². The van der Waals surface area contributed by atoms with Gasteiger partial charge in [0.1, 0.15) is 12.7 Å². The first-order valence-corrected chi connectivity index (χ1v) is 7.98. The molecule has 1 fully saturated rings. The fourth-order valence-electron chi connectivity index (χ4n) is 2.18. The Morgan fingerprint density at radius 1 is 0.792 bits per heavy atom. The Bertz CT molecular complexity index is 506. The molecule has 1 aliphatic rings. The number of hydrogen-bond acceptors (Lipinski definition) is 9. The molecule has 0 spiro atoms. The Morgan fingerprint density at radius 3 is 1.71 bits per heavy atom. The van der Waals surface area contributed by atoms with Crippen LogP contribution >= 0.6 is 15.9 Å². The van der Waals surface area contributed by atoms with E-state index in [9.17, 15) is 19.2 Å². The quantitative estimate of drug-likeness (QED) is 0.362. The Hall–Kier alpha value is -1.68. The number of alkyl halides is 1. The molecule has 1 saturated heterocycles. The number of carbonyl (C=O) groups is 4. The van der Waals surface area contributed by atoms with Gasteiger partial charge in [0, 0.05) is 27.7 Å². The van der Waals surface area contributed by atoms with Gasteiger partial charge < -0.3 is 23.7 Å². The molecule has 9 nitrogen and oxygen atoms in total. The van der Waals surface area contributed by atoms with Gasteiger partial charge in [0.2, 0.25) is 0 Å². The maximum absolute atomic E-state index is 11.4. The lowest BCUT2D eigenvalue weighted by molar-refractivity contribution is -0.236. The van der Waals surface area contributed by atoms with Crippen LogP contribution in [0.5, 0.6) is 0 Å². The summed E-state index contributed by atoms with van der Waals surface area (Å²) in [4.78, 5) is 45.1. The first kappa shape index (κ1) is 20.4. The van der Waals surface area contributed by atoms with Crippen molar-refractivity contribution in [3.8, 4) is 0 Å². The van der Waals surface area contributed by atoms with Crippen molar-refractivity contribution >= 4 is 39.8 Å². The second-order valence-electron chi connectivity index (χ2n) is 5.05. The summed E-state index contributed by atoms with van der Waals surface area (Å²) in [6, 6.07) is 0. The van der Waals surface area contributed by atoms with E-state index in [-0.39, 0.29) is 6.61 Å². The summed E-state index contributed by atoms with van der Waals surface area (Å²) in [6.07, 6.45) is -4.22. The molecule has 0 bridgehead atoms. The van der Waals surface area contributed by atoms with E-state index in [1.165, 1.54) is 13.8 Å². The van der Waals surface area contributed by atoms with Gasteiger partial charge in [-0.2, -0.15) is 0 Å². The predicted octanol–water partition coefficient (Wildman–Crippen LogP) is 0.464. The zero-order valence-corrected chi connectivity index (χ0v) is 15.2. The van der Waals surface area contributed by atoms with Gasteiger partial charge in [-0.05, 0) is 0 Å². The summed E-state index contributed by atoms with van der Waals surface area (Å²) in [5.74, 6) is -2.52. The number of ether oxygens (including phenoxy) is 5. The first-order valence-electron chi connectivity index (χ1n) is 7.06. The Morgan fingerprint density at radius 2 is 1.25 bits per heavy atom. The largest absolute Gasteiger partial charge is 0.463 e. The van der Waals surface area contributed by atoms with E-state index >= 15 is 0 Å². The summed E-state index contributed by atoms with van der Waals surface area (Å²) < 4.78 is 25.9. The number of hydrogen-bond donors (Lipinski definition) is 0. The normalized spacial score (nSPS) is 29.3. The highest BCUT2D eigenvalue weighted by Gasteiger charge is 2.51. The molecule has 0 aromatic carbocycles. The first-order chi connectivity index (χ1) is 11.1. The summed E-state index contributed by atoms with van der Waals surface area (Å²) in [5.41, 5.74) is 0. The fourth-order valence-corrected chi connectivity index (χ4v) is 2.86. The van der Waals surface area contributed by atoms with E-state index in [2.05, 4.69) is 15.9 Å². The van der Waals surface area contributed by atoms with E-state index in [0.717, 1.165) is 13.8 Å². The second-order valence-corrected chi connectivity index (χ2v) is 5.95. The van der Waals surface area contributed by atoms with Crippen molar-refractivity contribution in [2.45, 2.75) is 57.1 Å². The van der Waals surface area contributed by atoms with Crippen LogP contribution in [0.3, 0.4) is 0 Å². The Kier molecular flexibility index (Phi) is 7.61. The summed E-state index contributed by atoms with van der Waals surface area (Å²) in [7, 11) is 0. The molecule has 0 aliphatic carbocycles. The molecule has 0 N–H and O–H groups in total. The topological polar surface area (TPSA) is 114 Å². The van der Waals surface area contributed by atoms with Crippen molar-refractivity contribution in [2.75, 3.05) is 6.61 Å². The molecule has 0 saturated carbocycles. The molecule has 0 radical (unpaired) electrons. The van der Waals surface area contributed by atoms with Gasteiger partial charge in [0.15, 0.2) is 23.3 Å². The zero-order valence-electron chi connectivity index (χ0n) is 13.6. The standard InChI is InChI=1S/C14H19BrO9/c1-6(16)20-5-10-11(21-7(2)17)12(22-8(3)18)13(14(15)24-10)23-9(4)19/h10-14H,5H2,1-4H3/t10-,11-,12-,13+,14+/m1/s1. The molecule has 136 valence electrons. The molecule has 1 heterocycles. The molecule has 5 atom stereocenters. The molecule has 1 rings (SSSR count). The lowest BCUT2D eigenvalue weighted by atomic mass is 9.99. The van der Waals surface area contributed by atoms with Crippen molar-refractivity contribution < 1.29 is 42.9 Å². The number of carbonyl (C=O) groups excluding carboxylic acids is 4. The van der Waals surface area contributed by atoms with Gasteiger partial charge >= 0.3 is 23.9 Å². The van der Waals surface area contributed by atoms with Crippen LogP contribution < -0.4 is 0 Å². The molecular formula is C14H19BrO9. The minimum absolute atomic E-state index is 0.236. The van der Waals surface area contributed by atoms with Gasteiger partial charge in [0.25, 0.3) is 0 Å². The molecular weight excluding hydrogens is 392 g/mol. The van der Waals surface area contributed by atoms with Gasteiger partial charge in [-0.15, -0.1) is 0 Å². The second kappa shape index (κ2) is 8.97. The van der Waals surface area contributed by atoms with Gasteiger partial charge in [0.05, 0.1) is 0 Å². The lowest BCUT2D eigenvalue weighted by Crippen LogP contribution is -2.60. The van der Waals surface area contributed by atoms with Crippen molar-refractivity contribution in [1.82, 2.24) is 0 Å². The van der Waals surface area contributed by atoms with Crippen LogP contribution in [0.4, 0.5) is 0 Å². The average molecular weight is 411 g/mol. The van der Waals surface area contributed by atoms with Crippen LogP contribution in [0.15, 0.2) is 0 Å². The Labute approximate surface area is 147 Å². The highest BCUT2D eigenvalue weighted by Crippen LogP contribution is 2.31. The van der Waals surface area contributed by atoms with Gasteiger partial charge in [-0.3, -0.25) is 19.2 Å². The highest BCUT2D eigenvalue weighted by molar-refractivity contribution is 9.09. The molecule has 0 unspecified atom stereocenters. The van der Waals surface area contributed by atoms with Gasteiger partial charge in [-0.1, -0.05) is 15.9 Å². The van der Waals surface area contributed by atoms with Crippen LogP contribution in [0, 0.1) is 0 Å². The average Bonchev–Trinajstić information content (AvgIpc) is 2.42. The summed E-state index contributed by atoms with van der Waals surface area (Å²) in [6.45, 7) is 4.47. The van der Waals surface area contributed by atoms with Crippen LogP contribution in [0.1, 0.15) is 27.7 Å². The molecule has 0 amide bonds. The van der Waals surface area contributed by atoms with Crippen LogP contribution in [0.25, 0.3) is 0 Å². The third-order valence-electron chi connectivity index (χ3n) is 2.93. The maximum Gasteiger partial charge on any atom is 0.303 e. The minimum atomic E-state index is -1.13. The smallest absolute Gasteiger partial charge is 0.303 e. The van der Waals surface area contributed by atoms with E-state index in [1.54, 1.807) is 0 Å². The third-order valence-corrected chi connectivity index (χ3v) is 3.67. The molecule has 0 aromatic heterocycles. The van der Waals surface area contributed by atoms with E-state index in [0.29, 0.717) is 0 Å². The summed E-state index contributed by atoms with van der Waals surface area (Å²) in [5, 5.41) is -0.863. The Balaban J connectivity index is 3.11. The molecule has 0 aromatic rings. The number of halogens is 1. The number of esters is 4. The van der Waals surface area contributed by atoms with Crippen molar-refractivity contribution in [3.63, 3.8) is 0 Å². The zero-order chi connectivity index (χ0) is 18.4. The predicted molar refractivity (Wildman–Crippen MR) is 80.9 cm³/mol. The molecule has 1 aliphatic heterocycles. The van der Waals surface area contributed by atoms with E-state index < -0.39 is 53.3 Å². The lowest BCUT2D eigenvalue weighted by Gasteiger charge is -2.42. The van der Waals surface area contributed by atoms with Crippen LogP contribution in [-0.2, 0) is 42.9 Å². The molecule has 24 heavy (non-hydrogen) atoms. The van der Waals surface area contributed by atoms with Crippen molar-refractivity contribution in [2.24, 2.45) is 0 Å². The third kappa shape index (κ3) is 6.08. The number of rotatable bonds is 5. The van der Waals surface area contributed by atoms with Crippen molar-refractivity contribution in [1.29, 1.82) is 0 Å². The van der Waals surface area contributed by atoms with Gasteiger partial charge in [-0.25, -0.2) is 0 Å². The SMILES string of the molecule is CC(=O)OC[C@H]1O[C@H](Br)[C@@H](OC(C)=O)[C@H](OC(C)=O)[C@@H]1OC(C)=O. The van der Waals surface area contributed by atoms with E-state index in [1.807, 2.05) is 0 Å². The summed E-state index contributed by atoms with van der Waals surface area (Å²) >= 11 is 3.18. The van der Waals surface area contributed by atoms with E-state index in [4.69, 9.17) is 23.7 Å². The fraction of sp³-hybridized carbons (Fsp3) is 0.714. The monoisotopic (exact) mass is 410 g/mol. The minimum Gasteiger partial charge on any atom is -0.463 e.